The lowest BCUT2D eigenvalue weighted by Gasteiger charge is -2.35. The summed E-state index contributed by atoms with van der Waals surface area (Å²) < 4.78 is 66.3. The number of aryl methyl sites for hydroxylation is 6. The number of hydrogen-bond donors (Lipinski definition) is 4. The van der Waals surface area contributed by atoms with Gasteiger partial charge in [0.2, 0.25) is 0 Å². The second-order valence-electron chi connectivity index (χ2n) is 26.0. The molecular weight excluding hydrogens is 1340 g/mol. The SMILES string of the molecule is CC(=O)OC(C)=O.CN(C)C(OC(C)(C)C)N(C)C.COCOc1cc(OC)c(C)cc1C(C)(C)O.COCOc1cc(OC)c(C)cc1C(C)=O.COc1cc(O)c(C(C)=O)cc1C.COc1cc(O)c(C(C)C)cc1C.COc1cc(O)ccc1C.COc1cc(OCC#N)c(C(C)C)cc1C. The molecule has 0 aliphatic carbocycles. The van der Waals surface area contributed by atoms with Gasteiger partial charge in [0.1, 0.15) is 75.1 Å². The van der Waals surface area contributed by atoms with Crippen LogP contribution in [-0.2, 0) is 34.1 Å². The molecule has 6 rings (SSSR count). The first-order valence-corrected chi connectivity index (χ1v) is 33.1. The summed E-state index contributed by atoms with van der Waals surface area (Å²) in [6, 6.07) is 24.7. The number of hydrogen-bond acceptors (Lipinski definition) is 24. The third kappa shape index (κ3) is 36.2. The molecule has 0 bridgehead atoms. The number of carbonyl (C=O) groups excluding carboxylic acids is 4. The predicted molar refractivity (Wildman–Crippen MR) is 405 cm³/mol. The maximum atomic E-state index is 11.4. The molecule has 0 heterocycles. The van der Waals surface area contributed by atoms with Crippen molar-refractivity contribution in [2.45, 2.75) is 161 Å². The van der Waals surface area contributed by atoms with Crippen LogP contribution < -0.4 is 42.6 Å². The Balaban J connectivity index is 0. The highest BCUT2D eigenvalue weighted by atomic mass is 16.7. The summed E-state index contributed by atoms with van der Waals surface area (Å²) >= 11 is 0. The molecule has 0 amide bonds. The maximum Gasteiger partial charge on any atom is 0.310 e. The largest absolute Gasteiger partial charge is 0.508 e. The molecule has 4 N–H and O–H groups in total. The van der Waals surface area contributed by atoms with Crippen LogP contribution in [0.5, 0.6) is 69.0 Å². The van der Waals surface area contributed by atoms with Gasteiger partial charge in [-0.25, -0.2) is 0 Å². The molecule has 6 aromatic rings. The van der Waals surface area contributed by atoms with E-state index in [1.54, 1.807) is 99.0 Å². The van der Waals surface area contributed by atoms with Crippen LogP contribution in [0.2, 0.25) is 0 Å². The fraction of sp³-hybridized carbons (Fsp3) is 0.487. The van der Waals surface area contributed by atoms with Crippen molar-refractivity contribution in [3.63, 3.8) is 0 Å². The number of esters is 2. The number of benzene rings is 6. The zero-order chi connectivity index (χ0) is 80.7. The van der Waals surface area contributed by atoms with Gasteiger partial charge in [-0.15, -0.1) is 0 Å². The quantitative estimate of drug-likeness (QED) is 0.0212. The first kappa shape index (κ1) is 96.7. The number of rotatable bonds is 22. The number of methoxy groups -OCH3 is 8. The minimum atomic E-state index is -0.972. The van der Waals surface area contributed by atoms with Gasteiger partial charge in [-0.05, 0) is 211 Å². The summed E-state index contributed by atoms with van der Waals surface area (Å²) in [4.78, 5) is 46.2. The molecule has 0 aliphatic rings. The summed E-state index contributed by atoms with van der Waals surface area (Å²) in [6.07, 6.45) is 0.0463. The van der Waals surface area contributed by atoms with Gasteiger partial charge in [0, 0.05) is 70.0 Å². The zero-order valence-electron chi connectivity index (χ0n) is 67.4. The fourth-order valence-corrected chi connectivity index (χ4v) is 9.17. The third-order valence-corrected chi connectivity index (χ3v) is 14.2. The van der Waals surface area contributed by atoms with Crippen molar-refractivity contribution in [2.24, 2.45) is 0 Å². The van der Waals surface area contributed by atoms with Crippen molar-refractivity contribution >= 4 is 23.5 Å². The van der Waals surface area contributed by atoms with Gasteiger partial charge < -0.3 is 82.0 Å². The van der Waals surface area contributed by atoms with Crippen molar-refractivity contribution < 1.29 is 101 Å². The molecule has 0 aromatic heterocycles. The van der Waals surface area contributed by atoms with Crippen molar-refractivity contribution in [3.05, 3.63) is 140 Å². The van der Waals surface area contributed by atoms with Crippen molar-refractivity contribution in [2.75, 3.05) is 105 Å². The first-order valence-electron chi connectivity index (χ1n) is 33.1. The third-order valence-electron chi connectivity index (χ3n) is 14.2. The van der Waals surface area contributed by atoms with Crippen molar-refractivity contribution in [1.29, 1.82) is 5.26 Å². The van der Waals surface area contributed by atoms with Gasteiger partial charge in [0.15, 0.2) is 38.1 Å². The Morgan fingerprint density at radius 2 is 0.817 bits per heavy atom. The van der Waals surface area contributed by atoms with E-state index in [-0.39, 0.29) is 55.2 Å². The van der Waals surface area contributed by atoms with Crippen molar-refractivity contribution in [3.8, 4) is 75.1 Å². The van der Waals surface area contributed by atoms with Gasteiger partial charge in [-0.1, -0.05) is 33.8 Å². The summed E-state index contributed by atoms with van der Waals surface area (Å²) in [7, 11) is 20.6. The zero-order valence-corrected chi connectivity index (χ0v) is 67.4. The van der Waals surface area contributed by atoms with E-state index >= 15 is 0 Å². The number of Topliss-reactive ketones (excluding diaryl/α,β-unsaturated/α-hetero) is 2. The Hall–Kier alpha value is -9.35. The van der Waals surface area contributed by atoms with Gasteiger partial charge in [-0.3, -0.25) is 29.0 Å². The number of aromatic hydroxyl groups is 3. The number of phenols is 3. The van der Waals surface area contributed by atoms with Crippen LogP contribution in [0.4, 0.5) is 0 Å². The Labute approximate surface area is 618 Å². The van der Waals surface area contributed by atoms with Gasteiger partial charge in [0.05, 0.1) is 65.0 Å². The second-order valence-corrected chi connectivity index (χ2v) is 26.0. The minimum Gasteiger partial charge on any atom is -0.508 e. The van der Waals surface area contributed by atoms with E-state index in [0.29, 0.717) is 57.3 Å². The molecule has 580 valence electrons. The van der Waals surface area contributed by atoms with Gasteiger partial charge in [-0.2, -0.15) is 5.26 Å². The molecule has 0 spiro atoms. The van der Waals surface area contributed by atoms with E-state index in [1.807, 2.05) is 110 Å². The number of phenolic OH excluding ortho intramolecular Hbond substituents is 3. The average Bonchev–Trinajstić information content (AvgIpc) is 0.819. The highest BCUT2D eigenvalue weighted by Crippen LogP contribution is 2.37. The lowest BCUT2D eigenvalue weighted by atomic mass is 9.95. The summed E-state index contributed by atoms with van der Waals surface area (Å²) in [5.74, 6) is 5.94. The molecule has 6 aromatic carbocycles. The highest BCUT2D eigenvalue weighted by molar-refractivity contribution is 5.98. The van der Waals surface area contributed by atoms with Crippen LogP contribution in [0.3, 0.4) is 0 Å². The van der Waals surface area contributed by atoms with Crippen LogP contribution in [0.15, 0.2) is 78.9 Å². The maximum absolute atomic E-state index is 11.4. The predicted octanol–water partition coefficient (Wildman–Crippen LogP) is 15.2. The smallest absolute Gasteiger partial charge is 0.310 e. The molecule has 104 heavy (non-hydrogen) atoms. The molecule has 0 fully saturated rings. The van der Waals surface area contributed by atoms with E-state index in [1.165, 1.54) is 48.0 Å². The lowest BCUT2D eigenvalue weighted by Crippen LogP contribution is -2.46. The van der Waals surface area contributed by atoms with Crippen LogP contribution in [0, 0.1) is 52.9 Å². The van der Waals surface area contributed by atoms with E-state index < -0.39 is 17.5 Å². The summed E-state index contributed by atoms with van der Waals surface area (Å²) in [5.41, 5.74) is 8.45. The second kappa shape index (κ2) is 48.6. The minimum absolute atomic E-state index is 0.0325. The normalized spacial score (nSPS) is 10.5. The molecule has 0 radical (unpaired) electrons. The molecule has 0 saturated carbocycles. The summed E-state index contributed by atoms with van der Waals surface area (Å²) in [5, 5.41) is 46.7. The van der Waals surface area contributed by atoms with E-state index in [4.69, 9.17) is 67.2 Å². The highest BCUT2D eigenvalue weighted by Gasteiger charge is 2.24. The van der Waals surface area contributed by atoms with E-state index in [2.05, 4.69) is 59.3 Å². The number of ketones is 2. The van der Waals surface area contributed by atoms with Crippen molar-refractivity contribution in [1.82, 2.24) is 9.80 Å². The molecule has 0 saturated heterocycles. The average molecular weight is 1460 g/mol. The van der Waals surface area contributed by atoms with E-state index in [9.17, 15) is 34.5 Å². The Morgan fingerprint density at radius 3 is 1.16 bits per heavy atom. The number of ether oxygens (including phenoxy) is 13. The Morgan fingerprint density at radius 1 is 0.452 bits per heavy atom. The molecule has 0 atom stereocenters. The Bertz CT molecular complexity index is 3640. The van der Waals surface area contributed by atoms with Crippen LogP contribution in [0.1, 0.15) is 173 Å². The molecule has 24 heteroatoms. The molecule has 0 unspecified atom stereocenters. The topological polar surface area (TPSA) is 299 Å². The lowest BCUT2D eigenvalue weighted by molar-refractivity contribution is -0.179. The van der Waals surface area contributed by atoms with Crippen LogP contribution >= 0.6 is 0 Å². The number of aliphatic hydroxyl groups is 1. The molecular formula is C80H119N3O21. The molecule has 0 aliphatic heterocycles. The summed E-state index contributed by atoms with van der Waals surface area (Å²) in [6.45, 7) is 35.0. The van der Waals surface area contributed by atoms with Crippen LogP contribution in [0.25, 0.3) is 0 Å². The monoisotopic (exact) mass is 1460 g/mol. The number of carbonyl (C=O) groups is 4. The van der Waals surface area contributed by atoms with Crippen LogP contribution in [-0.4, -0.2) is 171 Å². The van der Waals surface area contributed by atoms with Gasteiger partial charge in [0.25, 0.3) is 0 Å². The fourth-order valence-electron chi connectivity index (χ4n) is 9.17. The standard InChI is InChI=1S/C13H17NO2.C13H20O4.C12H16O4.C11H16O2.C10H12O3.C9H22N2O.C8H10O2.C4H6O3/c1-9(2)11-7-10(3)12(15-4)8-13(11)16-6-5-14;1-9-6-10(13(2,3)14)12(17-8-15-4)7-11(9)16-5;1-8-5-10(9(2)13)12(16-7-14-3)6-11(8)15-4;1-7(2)9-5-8(3)11(13-4)6-10(9)12;1-6-4-8(7(2)11)9(12)5-10(6)13-3;1-9(2,3)12-8(10(4)5)11(6)7;1-6-3-4-7(9)5-8(6)10-2;1-3(5)7-4(2)6/h7-9H,6H2,1-4H3;6-7,14H,8H2,1-5H3;5-6H,7H2,1-4H3;5-7,12H,1-4H3;4-5,12H,1-3H3;8H,1-7H3;3-5,9H,1-2H3;1-2H3. The Kier molecular flexibility index (Phi) is 45.2. The van der Waals surface area contributed by atoms with E-state index in [0.717, 1.165) is 73.3 Å². The number of nitriles is 1. The molecule has 24 nitrogen and oxygen atoms in total. The van der Waals surface area contributed by atoms with Gasteiger partial charge >= 0.3 is 11.9 Å². The first-order chi connectivity index (χ1) is 48.3. The number of nitrogens with zero attached hydrogens (tertiary/aromatic N) is 3.